The lowest BCUT2D eigenvalue weighted by Crippen LogP contribution is -2.54. The molecule has 1 atom stereocenters. The van der Waals surface area contributed by atoms with E-state index in [1.54, 1.807) is 16.7 Å². The third-order valence-corrected chi connectivity index (χ3v) is 8.12. The molecule has 2 aliphatic heterocycles. The third-order valence-electron chi connectivity index (χ3n) is 8.12. The van der Waals surface area contributed by atoms with Crippen molar-refractivity contribution >= 4 is 29.5 Å². The number of rotatable bonds is 9. The highest BCUT2D eigenvalue weighted by atomic mass is 16.6. The third kappa shape index (κ3) is 6.44. The van der Waals surface area contributed by atoms with Crippen LogP contribution in [0.5, 0.6) is 0 Å². The predicted octanol–water partition coefficient (Wildman–Crippen LogP) is 4.87. The van der Waals surface area contributed by atoms with Gasteiger partial charge in [-0.05, 0) is 78.0 Å². The Hall–Kier alpha value is -3.10. The number of fused-ring (bicyclic) bond motifs is 1. The van der Waals surface area contributed by atoms with Gasteiger partial charge in [-0.2, -0.15) is 0 Å². The highest BCUT2D eigenvalue weighted by molar-refractivity contribution is 6.09. The maximum atomic E-state index is 14.1. The molecular formula is C31H48N4O5. The number of nitrogens with one attached hydrogen (secondary N) is 1. The van der Waals surface area contributed by atoms with Crippen LogP contribution in [0, 0.1) is 0 Å². The number of amides is 4. The summed E-state index contributed by atoms with van der Waals surface area (Å²) >= 11 is 0. The first-order valence-electron chi connectivity index (χ1n) is 14.8. The molecule has 9 heteroatoms. The highest BCUT2D eigenvalue weighted by Crippen LogP contribution is 2.46. The Morgan fingerprint density at radius 3 is 2.40 bits per heavy atom. The molecule has 2 heterocycles. The van der Waals surface area contributed by atoms with E-state index in [0.29, 0.717) is 51.0 Å². The van der Waals surface area contributed by atoms with Crippen LogP contribution in [0.3, 0.4) is 0 Å². The van der Waals surface area contributed by atoms with Gasteiger partial charge in [0, 0.05) is 49.9 Å². The van der Waals surface area contributed by atoms with Crippen molar-refractivity contribution in [3.8, 4) is 0 Å². The minimum Gasteiger partial charge on any atom is -0.444 e. The van der Waals surface area contributed by atoms with Crippen LogP contribution in [0.1, 0.15) is 103 Å². The molecule has 9 nitrogen and oxygen atoms in total. The molecule has 0 aromatic heterocycles. The van der Waals surface area contributed by atoms with Crippen molar-refractivity contribution in [2.75, 3.05) is 31.1 Å². The Bertz CT molecular complexity index is 1110. The van der Waals surface area contributed by atoms with Crippen molar-refractivity contribution < 1.29 is 23.9 Å². The molecule has 0 unspecified atom stereocenters. The Morgan fingerprint density at radius 1 is 1.15 bits per heavy atom. The molecular weight excluding hydrogens is 508 g/mol. The molecule has 4 amide bonds. The number of ether oxygens (including phenoxy) is 1. The maximum Gasteiger partial charge on any atom is 0.410 e. The first kappa shape index (κ1) is 31.4. The van der Waals surface area contributed by atoms with E-state index >= 15 is 0 Å². The van der Waals surface area contributed by atoms with Crippen molar-refractivity contribution in [1.29, 1.82) is 0 Å². The Kier molecular flexibility index (Phi) is 9.90. The summed E-state index contributed by atoms with van der Waals surface area (Å²) in [5.41, 5.74) is 0.969. The molecule has 1 aromatic carbocycles. The number of anilines is 1. The molecule has 1 fully saturated rings. The highest BCUT2D eigenvalue weighted by Gasteiger charge is 2.48. The van der Waals surface area contributed by atoms with Gasteiger partial charge in [0.2, 0.25) is 11.8 Å². The van der Waals surface area contributed by atoms with Gasteiger partial charge in [-0.3, -0.25) is 14.4 Å². The number of carbonyl (C=O) groups excluding carboxylic acids is 4. The van der Waals surface area contributed by atoms with Gasteiger partial charge in [0.15, 0.2) is 0 Å². The number of hydrogen-bond donors (Lipinski definition) is 1. The summed E-state index contributed by atoms with van der Waals surface area (Å²) in [6.07, 6.45) is 2.92. The van der Waals surface area contributed by atoms with Gasteiger partial charge in [-0.25, -0.2) is 4.79 Å². The van der Waals surface area contributed by atoms with Gasteiger partial charge in [0.1, 0.15) is 5.60 Å². The first-order valence-corrected chi connectivity index (χ1v) is 14.8. The van der Waals surface area contributed by atoms with E-state index < -0.39 is 11.0 Å². The lowest BCUT2D eigenvalue weighted by Gasteiger charge is -2.41. The lowest BCUT2D eigenvalue weighted by molar-refractivity contribution is -0.124. The van der Waals surface area contributed by atoms with Crippen molar-refractivity contribution in [2.45, 2.75) is 111 Å². The van der Waals surface area contributed by atoms with E-state index in [-0.39, 0.29) is 35.9 Å². The number of likely N-dealkylation sites (tertiary alicyclic amines) is 1. The Labute approximate surface area is 239 Å². The van der Waals surface area contributed by atoms with Crippen LogP contribution in [0.25, 0.3) is 0 Å². The molecule has 2 aliphatic rings. The molecule has 0 spiro atoms. The smallest absolute Gasteiger partial charge is 0.410 e. The van der Waals surface area contributed by atoms with Crippen LogP contribution < -0.4 is 10.2 Å². The van der Waals surface area contributed by atoms with E-state index in [0.717, 1.165) is 24.1 Å². The van der Waals surface area contributed by atoms with Gasteiger partial charge in [-0.15, -0.1) is 0 Å². The summed E-state index contributed by atoms with van der Waals surface area (Å²) in [5, 5.41) is 2.86. The second kappa shape index (κ2) is 12.6. The molecule has 40 heavy (non-hydrogen) atoms. The van der Waals surface area contributed by atoms with Crippen LogP contribution in [-0.4, -0.2) is 77.5 Å². The number of nitrogens with zero attached hydrogens (tertiary/aromatic N) is 3. The first-order chi connectivity index (χ1) is 18.8. The summed E-state index contributed by atoms with van der Waals surface area (Å²) in [6.45, 7) is 17.1. The molecule has 3 rings (SSSR count). The van der Waals surface area contributed by atoms with Crippen molar-refractivity contribution in [3.63, 3.8) is 0 Å². The fraction of sp³-hybridized carbons (Fsp3) is 0.677. The van der Waals surface area contributed by atoms with Gasteiger partial charge in [0.05, 0.1) is 11.5 Å². The van der Waals surface area contributed by atoms with Gasteiger partial charge < -0.3 is 24.8 Å². The average molecular weight is 557 g/mol. The Morgan fingerprint density at radius 2 is 1.82 bits per heavy atom. The molecule has 0 aliphatic carbocycles. The summed E-state index contributed by atoms with van der Waals surface area (Å²) in [5.74, 6) is -0.164. The minimum atomic E-state index is -0.638. The van der Waals surface area contributed by atoms with Crippen LogP contribution >= 0.6 is 0 Å². The van der Waals surface area contributed by atoms with Crippen LogP contribution in [0.4, 0.5) is 10.5 Å². The molecule has 1 aromatic rings. The monoisotopic (exact) mass is 556 g/mol. The molecule has 1 saturated heterocycles. The summed E-state index contributed by atoms with van der Waals surface area (Å²) in [4.78, 5) is 57.7. The number of carbonyl (C=O) groups is 4. The van der Waals surface area contributed by atoms with E-state index in [4.69, 9.17) is 4.74 Å². The zero-order valence-corrected chi connectivity index (χ0v) is 25.6. The number of piperidine rings is 1. The van der Waals surface area contributed by atoms with Gasteiger partial charge >= 0.3 is 6.09 Å². The standard InChI is InChI=1S/C31H48N4O5/c1-9-26(36)32-16-18-34-25-19-22(14-15-24(25)31(10-2,11-3)28(34)38)27(37)35(21(4)5)23-13-12-17-33(20-23)29(39)40-30(6,7)8/h14-15,19,21,23H,9-13,16-18,20H2,1-8H3,(H,32,36)/t23-/m1/s1. The average Bonchev–Trinajstić information content (AvgIpc) is 3.14. The fourth-order valence-electron chi connectivity index (χ4n) is 6.01. The van der Waals surface area contributed by atoms with Crippen molar-refractivity contribution in [2.24, 2.45) is 0 Å². The van der Waals surface area contributed by atoms with Crippen LogP contribution in [0.2, 0.25) is 0 Å². The SMILES string of the molecule is CCC(=O)NCCN1C(=O)C(CC)(CC)c2ccc(C(=O)N(C(C)C)[C@@H]3CCCN(C(=O)OC(C)(C)C)C3)cc21. The van der Waals surface area contributed by atoms with E-state index in [1.807, 2.05) is 71.6 Å². The van der Waals surface area contributed by atoms with Gasteiger partial charge in [-0.1, -0.05) is 26.8 Å². The number of hydrogen-bond acceptors (Lipinski definition) is 5. The largest absolute Gasteiger partial charge is 0.444 e. The minimum absolute atomic E-state index is 0.0174. The molecule has 222 valence electrons. The van der Waals surface area contributed by atoms with Crippen molar-refractivity contribution in [3.05, 3.63) is 29.3 Å². The van der Waals surface area contributed by atoms with E-state index in [9.17, 15) is 19.2 Å². The molecule has 0 saturated carbocycles. The maximum absolute atomic E-state index is 14.1. The topological polar surface area (TPSA) is 99.3 Å². The predicted molar refractivity (Wildman–Crippen MR) is 156 cm³/mol. The quantitative estimate of drug-likeness (QED) is 0.468. The van der Waals surface area contributed by atoms with Crippen LogP contribution in [-0.2, 0) is 19.7 Å². The molecule has 1 N–H and O–H groups in total. The normalized spacial score (nSPS) is 18.5. The second-order valence-electron chi connectivity index (χ2n) is 12.2. The summed E-state index contributed by atoms with van der Waals surface area (Å²) < 4.78 is 5.60. The van der Waals surface area contributed by atoms with E-state index in [1.165, 1.54) is 0 Å². The van der Waals surface area contributed by atoms with E-state index in [2.05, 4.69) is 5.32 Å². The molecule has 0 bridgehead atoms. The Balaban J connectivity index is 1.91. The summed E-state index contributed by atoms with van der Waals surface area (Å²) in [7, 11) is 0. The number of benzene rings is 1. The summed E-state index contributed by atoms with van der Waals surface area (Å²) in [6, 6.07) is 5.38. The zero-order valence-electron chi connectivity index (χ0n) is 25.6. The van der Waals surface area contributed by atoms with Gasteiger partial charge in [0.25, 0.3) is 5.91 Å². The lowest BCUT2D eigenvalue weighted by atomic mass is 9.77. The van der Waals surface area contributed by atoms with Crippen molar-refractivity contribution in [1.82, 2.24) is 15.1 Å². The van der Waals surface area contributed by atoms with Crippen LogP contribution in [0.15, 0.2) is 18.2 Å². The fourth-order valence-corrected chi connectivity index (χ4v) is 6.01. The zero-order chi connectivity index (χ0) is 29.8. The molecule has 0 radical (unpaired) electrons. The second-order valence-corrected chi connectivity index (χ2v) is 12.2.